The van der Waals surface area contributed by atoms with Gasteiger partial charge in [-0.1, -0.05) is 12.1 Å². The van der Waals surface area contributed by atoms with Gasteiger partial charge in [0.25, 0.3) is 5.69 Å². The molecule has 8 heteroatoms. The Morgan fingerprint density at radius 3 is 2.35 bits per heavy atom. The van der Waals surface area contributed by atoms with Gasteiger partial charge in [0.05, 0.1) is 4.92 Å². The van der Waals surface area contributed by atoms with Gasteiger partial charge in [0.15, 0.2) is 0 Å². The van der Waals surface area contributed by atoms with Crippen LogP contribution in [0.15, 0.2) is 54.6 Å². The Morgan fingerprint density at radius 2 is 1.77 bits per heavy atom. The van der Waals surface area contributed by atoms with Gasteiger partial charge in [-0.15, -0.1) is 0 Å². The summed E-state index contributed by atoms with van der Waals surface area (Å²) >= 11 is 0. The molecule has 0 fully saturated rings. The van der Waals surface area contributed by atoms with E-state index in [1.54, 1.807) is 42.5 Å². The minimum Gasteiger partial charge on any atom is -0.489 e. The predicted molar refractivity (Wildman–Crippen MR) is 93.5 cm³/mol. The van der Waals surface area contributed by atoms with Crippen molar-refractivity contribution in [2.45, 2.75) is 6.61 Å². The molecule has 2 aromatic carbocycles. The van der Waals surface area contributed by atoms with Crippen LogP contribution in [0.25, 0.3) is 6.08 Å². The number of non-ortho nitro benzene ring substituents is 1. The van der Waals surface area contributed by atoms with Gasteiger partial charge in [0, 0.05) is 18.2 Å². The summed E-state index contributed by atoms with van der Waals surface area (Å²) in [5.41, 5.74) is 1.57. The molecule has 0 radical (unpaired) electrons. The topological polar surface area (TPSA) is 119 Å². The standard InChI is InChI=1S/C18H16N2O6/c21-17(19-11-18(22)23)10-5-13-3-8-16(9-4-13)26-12-14-1-6-15(7-2-14)20(24)25/h1-10H,11-12H2,(H,19,21)(H,22,23). The number of nitro benzene ring substituents is 1. The molecule has 8 nitrogen and oxygen atoms in total. The van der Waals surface area contributed by atoms with Crippen LogP contribution in [0.3, 0.4) is 0 Å². The Morgan fingerprint density at radius 1 is 1.12 bits per heavy atom. The van der Waals surface area contributed by atoms with Crippen LogP contribution in [0.2, 0.25) is 0 Å². The first-order valence-electron chi connectivity index (χ1n) is 7.58. The Balaban J connectivity index is 1.86. The van der Waals surface area contributed by atoms with Gasteiger partial charge < -0.3 is 15.2 Å². The molecule has 0 atom stereocenters. The molecule has 0 heterocycles. The van der Waals surface area contributed by atoms with Crippen molar-refractivity contribution >= 4 is 23.6 Å². The first-order valence-corrected chi connectivity index (χ1v) is 7.58. The number of carboxylic acids is 1. The third-order valence-corrected chi connectivity index (χ3v) is 3.27. The summed E-state index contributed by atoms with van der Waals surface area (Å²) in [4.78, 5) is 31.9. The smallest absolute Gasteiger partial charge is 0.322 e. The Hall–Kier alpha value is -3.68. The summed E-state index contributed by atoms with van der Waals surface area (Å²) in [5.74, 6) is -0.997. The third-order valence-electron chi connectivity index (χ3n) is 3.27. The van der Waals surface area contributed by atoms with Crippen LogP contribution < -0.4 is 10.1 Å². The number of benzene rings is 2. The van der Waals surface area contributed by atoms with Gasteiger partial charge in [-0.05, 0) is 41.5 Å². The fourth-order valence-corrected chi connectivity index (χ4v) is 1.95. The van der Waals surface area contributed by atoms with Crippen molar-refractivity contribution in [1.29, 1.82) is 0 Å². The van der Waals surface area contributed by atoms with E-state index in [2.05, 4.69) is 5.32 Å². The lowest BCUT2D eigenvalue weighted by atomic mass is 10.2. The quantitative estimate of drug-likeness (QED) is 0.426. The maximum atomic E-state index is 11.4. The number of hydrogen-bond acceptors (Lipinski definition) is 5. The van der Waals surface area contributed by atoms with Crippen LogP contribution in [0.4, 0.5) is 5.69 Å². The molecule has 26 heavy (non-hydrogen) atoms. The lowest BCUT2D eigenvalue weighted by Crippen LogP contribution is -2.27. The maximum Gasteiger partial charge on any atom is 0.322 e. The van der Waals surface area contributed by atoms with E-state index >= 15 is 0 Å². The van der Waals surface area contributed by atoms with Crippen molar-refractivity contribution in [1.82, 2.24) is 5.32 Å². The van der Waals surface area contributed by atoms with Gasteiger partial charge in [-0.3, -0.25) is 19.7 Å². The van der Waals surface area contributed by atoms with E-state index in [1.807, 2.05) is 0 Å². The zero-order chi connectivity index (χ0) is 18.9. The molecule has 2 N–H and O–H groups in total. The van der Waals surface area contributed by atoms with Gasteiger partial charge >= 0.3 is 5.97 Å². The fourth-order valence-electron chi connectivity index (χ4n) is 1.95. The number of hydrogen-bond donors (Lipinski definition) is 2. The molecule has 0 aromatic heterocycles. The first-order chi connectivity index (χ1) is 12.4. The van der Waals surface area contributed by atoms with Crippen molar-refractivity contribution in [2.24, 2.45) is 0 Å². The molecule has 2 aromatic rings. The molecule has 1 amide bonds. The number of amides is 1. The van der Waals surface area contributed by atoms with E-state index in [-0.39, 0.29) is 12.3 Å². The molecule has 0 unspecified atom stereocenters. The number of carboxylic acid groups (broad SMARTS) is 1. The zero-order valence-corrected chi connectivity index (χ0v) is 13.6. The highest BCUT2D eigenvalue weighted by Crippen LogP contribution is 2.17. The lowest BCUT2D eigenvalue weighted by molar-refractivity contribution is -0.384. The van der Waals surface area contributed by atoms with Crippen molar-refractivity contribution in [3.8, 4) is 5.75 Å². The highest BCUT2D eigenvalue weighted by atomic mass is 16.6. The van der Waals surface area contributed by atoms with E-state index in [1.165, 1.54) is 18.2 Å². The monoisotopic (exact) mass is 356 g/mol. The number of aliphatic carboxylic acids is 1. The summed E-state index contributed by atoms with van der Waals surface area (Å²) in [6.45, 7) is -0.163. The van der Waals surface area contributed by atoms with E-state index in [9.17, 15) is 19.7 Å². The van der Waals surface area contributed by atoms with Gasteiger partial charge in [-0.25, -0.2) is 0 Å². The Labute approximate surface area is 148 Å². The molecule has 0 saturated heterocycles. The molecular weight excluding hydrogens is 340 g/mol. The molecule has 0 aliphatic carbocycles. The van der Waals surface area contributed by atoms with E-state index < -0.39 is 23.3 Å². The van der Waals surface area contributed by atoms with Gasteiger partial charge in [0.2, 0.25) is 5.91 Å². The van der Waals surface area contributed by atoms with Crippen LogP contribution in [0.1, 0.15) is 11.1 Å². The molecule has 134 valence electrons. The summed E-state index contributed by atoms with van der Waals surface area (Å²) in [6, 6.07) is 13.0. The molecule has 0 aliphatic heterocycles. The highest BCUT2D eigenvalue weighted by molar-refractivity contribution is 5.93. The molecule has 0 saturated carbocycles. The number of nitro groups is 1. The average molecular weight is 356 g/mol. The van der Waals surface area contributed by atoms with Crippen LogP contribution in [0.5, 0.6) is 5.75 Å². The summed E-state index contributed by atoms with van der Waals surface area (Å²) in [5, 5.41) is 21.3. The largest absolute Gasteiger partial charge is 0.489 e. The average Bonchev–Trinajstić information content (AvgIpc) is 2.64. The molecule has 0 aliphatic rings. The molecular formula is C18H16N2O6. The van der Waals surface area contributed by atoms with Crippen molar-refractivity contribution in [2.75, 3.05) is 6.54 Å². The second-order valence-electron chi connectivity index (χ2n) is 5.23. The summed E-state index contributed by atoms with van der Waals surface area (Å²) < 4.78 is 5.60. The molecule has 2 rings (SSSR count). The number of carbonyl (C=O) groups excluding carboxylic acids is 1. The molecule has 0 bridgehead atoms. The lowest BCUT2D eigenvalue weighted by Gasteiger charge is -2.06. The number of nitrogens with one attached hydrogen (secondary N) is 1. The zero-order valence-electron chi connectivity index (χ0n) is 13.6. The number of nitrogens with zero attached hydrogens (tertiary/aromatic N) is 1. The minimum absolute atomic E-state index is 0.0253. The SMILES string of the molecule is O=C(O)CNC(=O)C=Cc1ccc(OCc2ccc([N+](=O)[O-])cc2)cc1. The second kappa shape index (κ2) is 8.97. The van der Waals surface area contributed by atoms with E-state index in [4.69, 9.17) is 9.84 Å². The van der Waals surface area contributed by atoms with Crippen molar-refractivity contribution in [3.63, 3.8) is 0 Å². The Bertz CT molecular complexity index is 813. The summed E-state index contributed by atoms with van der Waals surface area (Å²) in [6.07, 6.45) is 2.80. The summed E-state index contributed by atoms with van der Waals surface area (Å²) in [7, 11) is 0. The highest BCUT2D eigenvalue weighted by Gasteiger charge is 2.04. The van der Waals surface area contributed by atoms with Crippen molar-refractivity contribution in [3.05, 3.63) is 75.8 Å². The van der Waals surface area contributed by atoms with Gasteiger partial charge in [-0.2, -0.15) is 0 Å². The normalized spacial score (nSPS) is 10.5. The van der Waals surface area contributed by atoms with Crippen LogP contribution in [-0.2, 0) is 16.2 Å². The van der Waals surface area contributed by atoms with Gasteiger partial charge in [0.1, 0.15) is 18.9 Å². The number of ether oxygens (including phenoxy) is 1. The maximum absolute atomic E-state index is 11.4. The van der Waals surface area contributed by atoms with Crippen LogP contribution in [-0.4, -0.2) is 28.5 Å². The second-order valence-corrected chi connectivity index (χ2v) is 5.23. The molecule has 0 spiro atoms. The third kappa shape index (κ3) is 6.08. The van der Waals surface area contributed by atoms with E-state index in [0.29, 0.717) is 5.75 Å². The van der Waals surface area contributed by atoms with Crippen LogP contribution >= 0.6 is 0 Å². The number of carbonyl (C=O) groups is 2. The first kappa shape index (κ1) is 18.7. The van der Waals surface area contributed by atoms with E-state index in [0.717, 1.165) is 11.1 Å². The predicted octanol–water partition coefficient (Wildman–Crippen LogP) is 2.39. The number of rotatable bonds is 8. The Kier molecular flexibility index (Phi) is 6.44. The minimum atomic E-state index is -1.11. The van der Waals surface area contributed by atoms with Crippen molar-refractivity contribution < 1.29 is 24.4 Å². The van der Waals surface area contributed by atoms with Crippen LogP contribution in [0, 0.1) is 10.1 Å². The fraction of sp³-hybridized carbons (Fsp3) is 0.111.